The molecule has 13 heavy (non-hydrogen) atoms. The van der Waals surface area contributed by atoms with Gasteiger partial charge < -0.3 is 10.2 Å². The maximum Gasteiger partial charge on any atom is 0.306 e. The molecule has 0 amide bonds. The monoisotopic (exact) mass is 201 g/mol. The summed E-state index contributed by atoms with van der Waals surface area (Å²) in [6, 6.07) is 0. The van der Waals surface area contributed by atoms with E-state index in [0.717, 1.165) is 10.7 Å². The summed E-state index contributed by atoms with van der Waals surface area (Å²) in [7, 11) is 0. The largest absolute Gasteiger partial charge is 0.481 e. The van der Waals surface area contributed by atoms with Gasteiger partial charge in [0.15, 0.2) is 0 Å². The minimum atomic E-state index is -1.00. The van der Waals surface area contributed by atoms with Crippen LogP contribution < -0.4 is 0 Å². The number of hydrogen-bond acceptors (Lipinski definition) is 4. The number of thiazole rings is 1. The van der Waals surface area contributed by atoms with Gasteiger partial charge in [-0.15, -0.1) is 11.3 Å². The van der Waals surface area contributed by atoms with Gasteiger partial charge in [-0.2, -0.15) is 0 Å². The van der Waals surface area contributed by atoms with Crippen LogP contribution >= 0.6 is 11.3 Å². The van der Waals surface area contributed by atoms with Crippen molar-refractivity contribution in [3.05, 3.63) is 15.6 Å². The van der Waals surface area contributed by atoms with Gasteiger partial charge >= 0.3 is 5.97 Å². The van der Waals surface area contributed by atoms with Gasteiger partial charge in [0.05, 0.1) is 22.0 Å². The molecule has 4 nitrogen and oxygen atoms in total. The molecule has 0 fully saturated rings. The van der Waals surface area contributed by atoms with Crippen LogP contribution in [0.1, 0.15) is 28.1 Å². The molecule has 1 unspecified atom stereocenters. The zero-order valence-electron chi connectivity index (χ0n) is 7.44. The molecular formula is C8H11NO3S. The lowest BCUT2D eigenvalue weighted by atomic mass is 10.2. The third-order valence-corrected chi connectivity index (χ3v) is 2.78. The van der Waals surface area contributed by atoms with Crippen molar-refractivity contribution in [2.75, 3.05) is 0 Å². The number of rotatable bonds is 3. The van der Waals surface area contributed by atoms with Gasteiger partial charge in [-0.05, 0) is 13.8 Å². The number of aryl methyl sites for hydroxylation is 2. The number of nitrogens with zero attached hydrogens (tertiary/aromatic N) is 1. The van der Waals surface area contributed by atoms with Crippen molar-refractivity contribution in [3.8, 4) is 0 Å². The number of carboxylic acid groups (broad SMARTS) is 1. The lowest BCUT2D eigenvalue weighted by Gasteiger charge is -2.04. The van der Waals surface area contributed by atoms with E-state index in [0.29, 0.717) is 4.88 Å². The highest BCUT2D eigenvalue weighted by Gasteiger charge is 2.17. The molecule has 0 aliphatic rings. The molecule has 5 heteroatoms. The van der Waals surface area contributed by atoms with E-state index in [1.165, 1.54) is 11.3 Å². The van der Waals surface area contributed by atoms with Crippen molar-refractivity contribution >= 4 is 17.3 Å². The highest BCUT2D eigenvalue weighted by molar-refractivity contribution is 7.11. The second-order valence-corrected chi connectivity index (χ2v) is 4.03. The van der Waals surface area contributed by atoms with Crippen LogP contribution in [0.15, 0.2) is 0 Å². The summed E-state index contributed by atoms with van der Waals surface area (Å²) in [6.07, 6.45) is -1.19. The van der Waals surface area contributed by atoms with Crippen LogP contribution in [-0.2, 0) is 4.79 Å². The molecule has 0 aliphatic carbocycles. The molecular weight excluding hydrogens is 190 g/mol. The van der Waals surface area contributed by atoms with E-state index < -0.39 is 12.1 Å². The molecule has 1 atom stereocenters. The van der Waals surface area contributed by atoms with E-state index in [1.807, 2.05) is 6.92 Å². The van der Waals surface area contributed by atoms with Gasteiger partial charge in [0, 0.05) is 0 Å². The summed E-state index contributed by atoms with van der Waals surface area (Å²) in [4.78, 5) is 15.1. The fraction of sp³-hybridized carbons (Fsp3) is 0.500. The fourth-order valence-electron chi connectivity index (χ4n) is 1.11. The van der Waals surface area contributed by atoms with Crippen LogP contribution in [0.25, 0.3) is 0 Å². The highest BCUT2D eigenvalue weighted by atomic mass is 32.1. The second kappa shape index (κ2) is 3.85. The summed E-state index contributed by atoms with van der Waals surface area (Å²) < 4.78 is 0. The summed E-state index contributed by atoms with van der Waals surface area (Å²) in [5, 5.41) is 18.8. The van der Waals surface area contributed by atoms with Crippen LogP contribution in [0.3, 0.4) is 0 Å². The molecule has 1 rings (SSSR count). The Morgan fingerprint density at radius 2 is 2.23 bits per heavy atom. The summed E-state index contributed by atoms with van der Waals surface area (Å²) in [5.74, 6) is -1.00. The molecule has 1 aromatic heterocycles. The Bertz CT molecular complexity index is 321. The van der Waals surface area contributed by atoms with E-state index in [9.17, 15) is 9.90 Å². The highest BCUT2D eigenvalue weighted by Crippen LogP contribution is 2.26. The first-order valence-corrected chi connectivity index (χ1v) is 4.66. The number of carboxylic acids is 1. The summed E-state index contributed by atoms with van der Waals surface area (Å²) in [5.41, 5.74) is 0.719. The molecule has 0 radical (unpaired) electrons. The van der Waals surface area contributed by atoms with Crippen molar-refractivity contribution in [1.29, 1.82) is 0 Å². The van der Waals surface area contributed by atoms with Gasteiger partial charge in [-0.3, -0.25) is 4.79 Å². The Morgan fingerprint density at radius 1 is 1.62 bits per heavy atom. The van der Waals surface area contributed by atoms with Crippen molar-refractivity contribution in [2.24, 2.45) is 0 Å². The molecule has 0 saturated carbocycles. The number of aliphatic hydroxyl groups is 1. The van der Waals surface area contributed by atoms with Crippen molar-refractivity contribution in [2.45, 2.75) is 26.4 Å². The molecule has 0 saturated heterocycles. The molecule has 1 heterocycles. The third kappa shape index (κ3) is 2.50. The normalized spacial score (nSPS) is 12.8. The molecule has 0 aliphatic heterocycles. The second-order valence-electron chi connectivity index (χ2n) is 2.80. The first-order valence-electron chi connectivity index (χ1n) is 3.84. The smallest absolute Gasteiger partial charge is 0.306 e. The van der Waals surface area contributed by atoms with E-state index in [1.54, 1.807) is 6.92 Å². The van der Waals surface area contributed by atoms with Crippen molar-refractivity contribution in [3.63, 3.8) is 0 Å². The van der Waals surface area contributed by atoms with Crippen LogP contribution in [0.5, 0.6) is 0 Å². The van der Waals surface area contributed by atoms with E-state index in [2.05, 4.69) is 4.98 Å². The standard InChI is InChI=1S/C8H11NO3S/c1-4-8(13-5(2)9-4)6(10)3-7(11)12/h6,10H,3H2,1-2H3,(H,11,12). The predicted octanol–water partition coefficient (Wildman–Crippen LogP) is 1.27. The van der Waals surface area contributed by atoms with Crippen LogP contribution in [0.4, 0.5) is 0 Å². The first kappa shape index (κ1) is 10.1. The maximum atomic E-state index is 10.3. The Kier molecular flexibility index (Phi) is 3.00. The molecule has 0 spiro atoms. The quantitative estimate of drug-likeness (QED) is 0.772. The fourth-order valence-corrected chi connectivity index (χ4v) is 2.03. The molecule has 0 bridgehead atoms. The lowest BCUT2D eigenvalue weighted by molar-refractivity contribution is -0.139. The van der Waals surface area contributed by atoms with Gasteiger partial charge in [0.25, 0.3) is 0 Å². The SMILES string of the molecule is Cc1nc(C)c(C(O)CC(=O)O)s1. The van der Waals surface area contributed by atoms with Crippen LogP contribution in [0.2, 0.25) is 0 Å². The van der Waals surface area contributed by atoms with Crippen LogP contribution in [0, 0.1) is 13.8 Å². The minimum absolute atomic E-state index is 0.261. The maximum absolute atomic E-state index is 10.3. The number of aliphatic hydroxyl groups excluding tert-OH is 1. The van der Waals surface area contributed by atoms with Gasteiger partial charge in [0.1, 0.15) is 6.10 Å². The average Bonchev–Trinajstić information content (AvgIpc) is 2.28. The average molecular weight is 201 g/mol. The Morgan fingerprint density at radius 3 is 2.62 bits per heavy atom. The van der Waals surface area contributed by atoms with Gasteiger partial charge in [0.2, 0.25) is 0 Å². The predicted molar refractivity (Wildman–Crippen MR) is 48.8 cm³/mol. The van der Waals surface area contributed by atoms with E-state index in [-0.39, 0.29) is 6.42 Å². The Labute approximate surface area is 79.9 Å². The van der Waals surface area contributed by atoms with E-state index in [4.69, 9.17) is 5.11 Å². The number of carbonyl (C=O) groups is 1. The Hall–Kier alpha value is -0.940. The molecule has 0 aromatic carbocycles. The van der Waals surface area contributed by atoms with Gasteiger partial charge in [-0.25, -0.2) is 4.98 Å². The van der Waals surface area contributed by atoms with Crippen LogP contribution in [-0.4, -0.2) is 21.2 Å². The van der Waals surface area contributed by atoms with Crippen molar-refractivity contribution < 1.29 is 15.0 Å². The topological polar surface area (TPSA) is 70.4 Å². The number of hydrogen-bond donors (Lipinski definition) is 2. The third-order valence-electron chi connectivity index (χ3n) is 1.61. The lowest BCUT2D eigenvalue weighted by Crippen LogP contribution is -2.04. The molecule has 1 aromatic rings. The zero-order chi connectivity index (χ0) is 10.0. The summed E-state index contributed by atoms with van der Waals surface area (Å²) in [6.45, 7) is 3.60. The molecule has 2 N–H and O–H groups in total. The van der Waals surface area contributed by atoms with Crippen molar-refractivity contribution in [1.82, 2.24) is 4.98 Å². The van der Waals surface area contributed by atoms with Gasteiger partial charge in [-0.1, -0.05) is 0 Å². The number of aliphatic carboxylic acids is 1. The first-order chi connectivity index (χ1) is 6.00. The Balaban J connectivity index is 2.81. The minimum Gasteiger partial charge on any atom is -0.481 e. The number of aromatic nitrogens is 1. The molecule has 72 valence electrons. The zero-order valence-corrected chi connectivity index (χ0v) is 8.26. The summed E-state index contributed by atoms with van der Waals surface area (Å²) >= 11 is 1.34. The van der Waals surface area contributed by atoms with E-state index >= 15 is 0 Å².